The minimum absolute atomic E-state index is 0.0561. The second-order valence-electron chi connectivity index (χ2n) is 4.02. The quantitative estimate of drug-likeness (QED) is 0.884. The number of pyridine rings is 1. The van der Waals surface area contributed by atoms with Crippen LogP contribution in [0, 0.1) is 6.92 Å². The van der Waals surface area contributed by atoms with Crippen LogP contribution in [0.2, 0.25) is 0 Å². The molecular formula is C11H11N3O4S2. The van der Waals surface area contributed by atoms with Crippen LogP contribution in [-0.4, -0.2) is 35.7 Å². The van der Waals surface area contributed by atoms with Gasteiger partial charge in [-0.3, -0.25) is 4.98 Å². The maximum atomic E-state index is 11.4. The predicted molar refractivity (Wildman–Crippen MR) is 74.4 cm³/mol. The highest BCUT2D eigenvalue weighted by Crippen LogP contribution is 2.28. The van der Waals surface area contributed by atoms with Crippen molar-refractivity contribution in [2.45, 2.75) is 11.8 Å². The lowest BCUT2D eigenvalue weighted by Crippen LogP contribution is -2.03. The van der Waals surface area contributed by atoms with E-state index in [0.717, 1.165) is 6.26 Å². The number of hydrogen-bond donors (Lipinski definition) is 2. The summed E-state index contributed by atoms with van der Waals surface area (Å²) >= 11 is 1.17. The minimum Gasteiger partial charge on any atom is -0.476 e. The van der Waals surface area contributed by atoms with E-state index in [1.54, 1.807) is 6.92 Å². The molecule has 9 heteroatoms. The van der Waals surface area contributed by atoms with Crippen molar-refractivity contribution in [3.05, 3.63) is 29.2 Å². The van der Waals surface area contributed by atoms with E-state index < -0.39 is 15.8 Å². The number of carboxylic acids is 1. The van der Waals surface area contributed by atoms with E-state index in [1.165, 1.54) is 29.8 Å². The van der Waals surface area contributed by atoms with E-state index in [4.69, 9.17) is 5.11 Å². The van der Waals surface area contributed by atoms with Gasteiger partial charge in [-0.05, 0) is 13.0 Å². The molecule has 0 bridgehead atoms. The SMILES string of the molecule is Cc1nc(C(=O)O)c(Nc2cncc(S(C)(=O)=O)c2)s1. The van der Waals surface area contributed by atoms with Crippen LogP contribution in [-0.2, 0) is 9.84 Å². The first kappa shape index (κ1) is 14.4. The second kappa shape index (κ2) is 5.17. The summed E-state index contributed by atoms with van der Waals surface area (Å²) in [5.74, 6) is -1.15. The summed E-state index contributed by atoms with van der Waals surface area (Å²) in [5.41, 5.74) is 0.288. The maximum Gasteiger partial charge on any atom is 0.357 e. The van der Waals surface area contributed by atoms with Crippen LogP contribution in [0.1, 0.15) is 15.5 Å². The van der Waals surface area contributed by atoms with Crippen molar-refractivity contribution in [1.29, 1.82) is 0 Å². The third-order valence-electron chi connectivity index (χ3n) is 2.34. The Labute approximate surface area is 119 Å². The Bertz CT molecular complexity index is 768. The molecule has 2 rings (SSSR count). The summed E-state index contributed by atoms with van der Waals surface area (Å²) in [7, 11) is -3.37. The number of hydrogen-bond acceptors (Lipinski definition) is 7. The van der Waals surface area contributed by atoms with Crippen molar-refractivity contribution in [1.82, 2.24) is 9.97 Å². The molecule has 0 aliphatic heterocycles. The molecule has 0 fully saturated rings. The molecule has 2 aromatic heterocycles. The lowest BCUT2D eigenvalue weighted by Gasteiger charge is -2.05. The highest BCUT2D eigenvalue weighted by Gasteiger charge is 2.16. The molecule has 0 radical (unpaired) electrons. The largest absolute Gasteiger partial charge is 0.476 e. The molecule has 0 saturated carbocycles. The zero-order valence-electron chi connectivity index (χ0n) is 10.6. The lowest BCUT2D eigenvalue weighted by molar-refractivity contribution is 0.0692. The molecule has 7 nitrogen and oxygen atoms in total. The van der Waals surface area contributed by atoms with Gasteiger partial charge in [-0.1, -0.05) is 0 Å². The van der Waals surface area contributed by atoms with Crippen molar-refractivity contribution in [3.63, 3.8) is 0 Å². The van der Waals surface area contributed by atoms with Crippen molar-refractivity contribution >= 4 is 37.8 Å². The third kappa shape index (κ3) is 3.11. The van der Waals surface area contributed by atoms with Crippen LogP contribution < -0.4 is 5.32 Å². The first-order chi connectivity index (χ1) is 9.27. The van der Waals surface area contributed by atoms with Gasteiger partial charge in [-0.25, -0.2) is 18.2 Å². The Balaban J connectivity index is 2.38. The summed E-state index contributed by atoms with van der Waals surface area (Å²) in [4.78, 5) is 18.8. The monoisotopic (exact) mass is 313 g/mol. The van der Waals surface area contributed by atoms with E-state index in [2.05, 4.69) is 15.3 Å². The number of aryl methyl sites for hydroxylation is 1. The van der Waals surface area contributed by atoms with Crippen molar-refractivity contribution < 1.29 is 18.3 Å². The zero-order chi connectivity index (χ0) is 14.9. The van der Waals surface area contributed by atoms with Gasteiger partial charge in [0.25, 0.3) is 0 Å². The molecule has 0 atom stereocenters. The summed E-state index contributed by atoms with van der Waals surface area (Å²) < 4.78 is 22.9. The minimum atomic E-state index is -3.37. The summed E-state index contributed by atoms with van der Waals surface area (Å²) in [6.07, 6.45) is 3.72. The number of anilines is 2. The fraction of sp³-hybridized carbons (Fsp3) is 0.182. The highest BCUT2D eigenvalue weighted by molar-refractivity contribution is 7.90. The van der Waals surface area contributed by atoms with Crippen LogP contribution in [0.4, 0.5) is 10.7 Å². The third-order valence-corrected chi connectivity index (χ3v) is 4.30. The van der Waals surface area contributed by atoms with Crippen LogP contribution in [0.5, 0.6) is 0 Å². The van der Waals surface area contributed by atoms with Gasteiger partial charge < -0.3 is 10.4 Å². The topological polar surface area (TPSA) is 109 Å². The van der Waals surface area contributed by atoms with Gasteiger partial charge in [0.05, 0.1) is 21.8 Å². The number of sulfone groups is 1. The summed E-state index contributed by atoms with van der Waals surface area (Å²) in [6, 6.07) is 1.39. The Hall–Kier alpha value is -2.00. The zero-order valence-corrected chi connectivity index (χ0v) is 12.2. The molecule has 0 saturated heterocycles. The number of aromatic nitrogens is 2. The number of nitrogens with one attached hydrogen (secondary N) is 1. The van der Waals surface area contributed by atoms with E-state index in [1.807, 2.05) is 0 Å². The van der Waals surface area contributed by atoms with Crippen LogP contribution in [0.15, 0.2) is 23.4 Å². The average Bonchev–Trinajstić information content (AvgIpc) is 2.69. The van der Waals surface area contributed by atoms with Gasteiger partial charge in [-0.15, -0.1) is 11.3 Å². The van der Waals surface area contributed by atoms with Gasteiger partial charge >= 0.3 is 5.97 Å². The lowest BCUT2D eigenvalue weighted by atomic mass is 10.4. The number of thiazole rings is 1. The van der Waals surface area contributed by atoms with Gasteiger partial charge in [-0.2, -0.15) is 0 Å². The Kier molecular flexibility index (Phi) is 3.73. The molecule has 2 aromatic rings. The van der Waals surface area contributed by atoms with Gasteiger partial charge in [0.2, 0.25) is 0 Å². The fourth-order valence-corrected chi connectivity index (χ4v) is 2.90. The maximum absolute atomic E-state index is 11.4. The van der Waals surface area contributed by atoms with Crippen LogP contribution >= 0.6 is 11.3 Å². The molecule has 2 heterocycles. The molecule has 0 spiro atoms. The molecule has 20 heavy (non-hydrogen) atoms. The average molecular weight is 313 g/mol. The van der Waals surface area contributed by atoms with Gasteiger partial charge in [0.15, 0.2) is 15.5 Å². The molecule has 0 aromatic carbocycles. The molecule has 0 aliphatic rings. The molecule has 0 unspecified atom stereocenters. The first-order valence-electron chi connectivity index (χ1n) is 5.40. The predicted octanol–water partition coefficient (Wildman–Crippen LogP) is 1.69. The molecule has 0 amide bonds. The van der Waals surface area contributed by atoms with E-state index in [0.29, 0.717) is 15.7 Å². The Morgan fingerprint density at radius 3 is 2.70 bits per heavy atom. The number of carbonyl (C=O) groups is 1. The van der Waals surface area contributed by atoms with Crippen molar-refractivity contribution in [2.24, 2.45) is 0 Å². The summed E-state index contributed by atoms with van der Waals surface area (Å²) in [5, 5.41) is 12.8. The molecule has 0 aliphatic carbocycles. The number of nitrogens with zero attached hydrogens (tertiary/aromatic N) is 2. The smallest absolute Gasteiger partial charge is 0.357 e. The van der Waals surface area contributed by atoms with E-state index in [-0.39, 0.29) is 10.6 Å². The molecular weight excluding hydrogens is 302 g/mol. The van der Waals surface area contributed by atoms with Crippen LogP contribution in [0.3, 0.4) is 0 Å². The Morgan fingerprint density at radius 1 is 1.40 bits per heavy atom. The highest BCUT2D eigenvalue weighted by atomic mass is 32.2. The van der Waals surface area contributed by atoms with Gasteiger partial charge in [0.1, 0.15) is 5.00 Å². The first-order valence-corrected chi connectivity index (χ1v) is 8.11. The molecule has 2 N–H and O–H groups in total. The summed E-state index contributed by atoms with van der Waals surface area (Å²) in [6.45, 7) is 1.69. The number of rotatable bonds is 4. The number of carboxylic acid groups (broad SMARTS) is 1. The molecule has 106 valence electrons. The van der Waals surface area contributed by atoms with E-state index in [9.17, 15) is 13.2 Å². The van der Waals surface area contributed by atoms with Gasteiger partial charge in [0, 0.05) is 12.5 Å². The standard InChI is InChI=1S/C11H11N3O4S2/c1-6-13-9(11(15)16)10(19-6)14-7-3-8(5-12-4-7)20(2,17)18/h3-5,14H,1-2H3,(H,15,16). The van der Waals surface area contributed by atoms with Crippen molar-refractivity contribution in [3.8, 4) is 0 Å². The Morgan fingerprint density at radius 2 is 2.10 bits per heavy atom. The van der Waals surface area contributed by atoms with E-state index >= 15 is 0 Å². The normalized spacial score (nSPS) is 11.3. The second-order valence-corrected chi connectivity index (χ2v) is 7.24. The fourth-order valence-electron chi connectivity index (χ4n) is 1.48. The number of aromatic carboxylic acids is 1. The van der Waals surface area contributed by atoms with Crippen LogP contribution in [0.25, 0.3) is 0 Å². The van der Waals surface area contributed by atoms with Crippen molar-refractivity contribution in [2.75, 3.05) is 11.6 Å².